The number of carbonyl (C=O) groups excluding carboxylic acids is 1. The van der Waals surface area contributed by atoms with Crippen LogP contribution in [0.5, 0.6) is 0 Å². The average Bonchev–Trinajstić information content (AvgIpc) is 2.61. The van der Waals surface area contributed by atoms with Gasteiger partial charge in [0, 0.05) is 45.7 Å². The van der Waals surface area contributed by atoms with Gasteiger partial charge in [0.05, 0.1) is 7.11 Å². The number of piperazine rings is 1. The van der Waals surface area contributed by atoms with Crippen LogP contribution in [0.3, 0.4) is 0 Å². The zero-order valence-corrected chi connectivity index (χ0v) is 15.4. The minimum absolute atomic E-state index is 0.174. The summed E-state index contributed by atoms with van der Waals surface area (Å²) >= 11 is 5.45. The van der Waals surface area contributed by atoms with Crippen LogP contribution in [-0.4, -0.2) is 60.7 Å². The standard InChI is InChI=1S/C18H27N3O2S/c1-15-6-3-4-7-16(15)14-20-10-12-21(13-11-20)18(24)19-9-5-8-17(22)23-2/h3-4,6-7H,5,8-14H2,1-2H3,(H,19,24). The number of rotatable bonds is 6. The van der Waals surface area contributed by atoms with Crippen LogP contribution in [-0.2, 0) is 16.1 Å². The van der Waals surface area contributed by atoms with E-state index in [2.05, 4.69) is 51.0 Å². The number of methoxy groups -OCH3 is 1. The second kappa shape index (κ2) is 9.59. The monoisotopic (exact) mass is 349 g/mol. The van der Waals surface area contributed by atoms with Crippen LogP contribution < -0.4 is 5.32 Å². The van der Waals surface area contributed by atoms with Crippen molar-refractivity contribution in [2.24, 2.45) is 0 Å². The number of hydrogen-bond donors (Lipinski definition) is 1. The summed E-state index contributed by atoms with van der Waals surface area (Å²) in [6.07, 6.45) is 1.16. The number of esters is 1. The molecule has 1 aromatic carbocycles. The van der Waals surface area contributed by atoms with Gasteiger partial charge in [0.2, 0.25) is 0 Å². The number of nitrogens with zero attached hydrogens (tertiary/aromatic N) is 2. The molecule has 0 aliphatic carbocycles. The second-order valence-corrected chi connectivity index (χ2v) is 6.49. The molecule has 1 heterocycles. The van der Waals surface area contributed by atoms with E-state index < -0.39 is 0 Å². The molecule has 1 aliphatic rings. The molecule has 0 unspecified atom stereocenters. The lowest BCUT2D eigenvalue weighted by Gasteiger charge is -2.36. The normalized spacial score (nSPS) is 15.2. The summed E-state index contributed by atoms with van der Waals surface area (Å²) in [5.74, 6) is -0.174. The number of hydrogen-bond acceptors (Lipinski definition) is 4. The maximum Gasteiger partial charge on any atom is 0.305 e. The third-order valence-electron chi connectivity index (χ3n) is 4.38. The van der Waals surface area contributed by atoms with E-state index in [1.165, 1.54) is 18.2 Å². The van der Waals surface area contributed by atoms with E-state index in [1.54, 1.807) is 0 Å². The fourth-order valence-corrected chi connectivity index (χ4v) is 3.06. The molecule has 1 N–H and O–H groups in total. The highest BCUT2D eigenvalue weighted by Gasteiger charge is 2.19. The van der Waals surface area contributed by atoms with Gasteiger partial charge in [0.25, 0.3) is 0 Å². The second-order valence-electron chi connectivity index (χ2n) is 6.10. The molecule has 0 amide bonds. The Balaban J connectivity index is 1.67. The van der Waals surface area contributed by atoms with Crippen molar-refractivity contribution in [3.8, 4) is 0 Å². The lowest BCUT2D eigenvalue weighted by molar-refractivity contribution is -0.140. The van der Waals surface area contributed by atoms with Gasteiger partial charge in [-0.25, -0.2) is 0 Å². The first-order valence-electron chi connectivity index (χ1n) is 8.46. The summed E-state index contributed by atoms with van der Waals surface area (Å²) < 4.78 is 4.63. The van der Waals surface area contributed by atoms with Gasteiger partial charge < -0.3 is 15.0 Å². The summed E-state index contributed by atoms with van der Waals surface area (Å²) in [5.41, 5.74) is 2.75. The fourth-order valence-electron chi connectivity index (χ4n) is 2.78. The lowest BCUT2D eigenvalue weighted by Crippen LogP contribution is -2.51. The Bertz CT molecular complexity index is 557. The molecular formula is C18H27N3O2S. The molecule has 1 aromatic rings. The Morgan fingerprint density at radius 1 is 1.25 bits per heavy atom. The maximum atomic E-state index is 11.1. The van der Waals surface area contributed by atoms with Crippen LogP contribution in [0.25, 0.3) is 0 Å². The quantitative estimate of drug-likeness (QED) is 0.481. The van der Waals surface area contributed by atoms with Crippen molar-refractivity contribution < 1.29 is 9.53 Å². The molecule has 132 valence electrons. The SMILES string of the molecule is COC(=O)CCCNC(=S)N1CCN(Cc2ccccc2C)CC1. The Hall–Kier alpha value is -1.66. The number of benzene rings is 1. The first kappa shape index (κ1) is 18.7. The fraction of sp³-hybridized carbons (Fsp3) is 0.556. The summed E-state index contributed by atoms with van der Waals surface area (Å²) in [5, 5.41) is 4.02. The summed E-state index contributed by atoms with van der Waals surface area (Å²) in [6.45, 7) is 7.77. The van der Waals surface area contributed by atoms with Crippen LogP contribution in [0.1, 0.15) is 24.0 Å². The number of thiocarbonyl (C=S) groups is 1. The van der Waals surface area contributed by atoms with Crippen LogP contribution in [0, 0.1) is 6.92 Å². The minimum Gasteiger partial charge on any atom is -0.469 e. The molecule has 6 heteroatoms. The summed E-state index contributed by atoms with van der Waals surface area (Å²) in [4.78, 5) is 15.8. The molecule has 24 heavy (non-hydrogen) atoms. The van der Waals surface area contributed by atoms with Gasteiger partial charge in [-0.1, -0.05) is 24.3 Å². The van der Waals surface area contributed by atoms with Crippen LogP contribution in [0.15, 0.2) is 24.3 Å². The van der Waals surface area contributed by atoms with Crippen molar-refractivity contribution in [1.29, 1.82) is 0 Å². The predicted molar refractivity (Wildman–Crippen MR) is 99.9 cm³/mol. The highest BCUT2D eigenvalue weighted by molar-refractivity contribution is 7.80. The van der Waals surface area contributed by atoms with Crippen molar-refractivity contribution in [2.45, 2.75) is 26.3 Å². The molecule has 0 saturated carbocycles. The Morgan fingerprint density at radius 2 is 1.96 bits per heavy atom. The third kappa shape index (κ3) is 5.76. The van der Waals surface area contributed by atoms with Crippen molar-refractivity contribution >= 4 is 23.3 Å². The molecule has 2 rings (SSSR count). The Morgan fingerprint density at radius 3 is 2.62 bits per heavy atom. The maximum absolute atomic E-state index is 11.1. The topological polar surface area (TPSA) is 44.8 Å². The van der Waals surface area contributed by atoms with E-state index in [9.17, 15) is 4.79 Å². The molecule has 0 radical (unpaired) electrons. The van der Waals surface area contributed by atoms with Crippen molar-refractivity contribution in [2.75, 3.05) is 39.8 Å². The number of aryl methyl sites for hydroxylation is 1. The molecular weight excluding hydrogens is 322 g/mol. The van der Waals surface area contributed by atoms with Gasteiger partial charge in [0.15, 0.2) is 5.11 Å². The minimum atomic E-state index is -0.174. The highest BCUT2D eigenvalue weighted by atomic mass is 32.1. The van der Waals surface area contributed by atoms with E-state index >= 15 is 0 Å². The average molecular weight is 350 g/mol. The van der Waals surface area contributed by atoms with E-state index in [-0.39, 0.29) is 5.97 Å². The summed E-state index contributed by atoms with van der Waals surface area (Å²) in [6, 6.07) is 8.56. The molecule has 1 aliphatic heterocycles. The first-order valence-corrected chi connectivity index (χ1v) is 8.87. The van der Waals surface area contributed by atoms with Crippen molar-refractivity contribution in [3.63, 3.8) is 0 Å². The van der Waals surface area contributed by atoms with E-state index in [1.807, 2.05) is 0 Å². The predicted octanol–water partition coefficient (Wildman–Crippen LogP) is 1.94. The number of carbonyl (C=O) groups is 1. The largest absolute Gasteiger partial charge is 0.469 e. The Kier molecular flexibility index (Phi) is 7.46. The van der Waals surface area contributed by atoms with Crippen LogP contribution >= 0.6 is 12.2 Å². The summed E-state index contributed by atoms with van der Waals surface area (Å²) in [7, 11) is 1.41. The van der Waals surface area contributed by atoms with Gasteiger partial charge in [-0.3, -0.25) is 9.69 Å². The Labute approximate surface area is 150 Å². The smallest absolute Gasteiger partial charge is 0.305 e. The molecule has 1 saturated heterocycles. The lowest BCUT2D eigenvalue weighted by atomic mass is 10.1. The van der Waals surface area contributed by atoms with Gasteiger partial charge in [-0.15, -0.1) is 0 Å². The van der Waals surface area contributed by atoms with Gasteiger partial charge in [0.1, 0.15) is 0 Å². The molecule has 0 bridgehead atoms. The van der Waals surface area contributed by atoms with E-state index in [0.29, 0.717) is 13.0 Å². The number of ether oxygens (including phenoxy) is 1. The van der Waals surface area contributed by atoms with Gasteiger partial charge in [-0.2, -0.15) is 0 Å². The molecule has 0 aromatic heterocycles. The molecule has 0 atom stereocenters. The molecule has 1 fully saturated rings. The van der Waals surface area contributed by atoms with Crippen LogP contribution in [0.2, 0.25) is 0 Å². The zero-order chi connectivity index (χ0) is 17.4. The molecule has 0 spiro atoms. The van der Waals surface area contributed by atoms with Gasteiger partial charge in [-0.05, 0) is 36.7 Å². The van der Waals surface area contributed by atoms with Gasteiger partial charge >= 0.3 is 5.97 Å². The molecule has 5 nitrogen and oxygen atoms in total. The zero-order valence-electron chi connectivity index (χ0n) is 14.6. The third-order valence-corrected chi connectivity index (χ3v) is 4.78. The first-order chi connectivity index (χ1) is 11.6. The van der Waals surface area contributed by atoms with Crippen molar-refractivity contribution in [3.05, 3.63) is 35.4 Å². The highest BCUT2D eigenvalue weighted by Crippen LogP contribution is 2.12. The van der Waals surface area contributed by atoms with E-state index in [0.717, 1.165) is 44.3 Å². The van der Waals surface area contributed by atoms with Crippen molar-refractivity contribution in [1.82, 2.24) is 15.1 Å². The van der Waals surface area contributed by atoms with E-state index in [4.69, 9.17) is 12.2 Å². The van der Waals surface area contributed by atoms with Crippen LogP contribution in [0.4, 0.5) is 0 Å². The number of nitrogens with one attached hydrogen (secondary N) is 1.